The number of esters is 1. The van der Waals surface area contributed by atoms with Crippen molar-refractivity contribution in [3.05, 3.63) is 23.8 Å². The number of benzene rings is 1. The van der Waals surface area contributed by atoms with Gasteiger partial charge in [-0.15, -0.1) is 0 Å². The molecule has 0 bridgehead atoms. The lowest BCUT2D eigenvalue weighted by Crippen LogP contribution is -2.29. The minimum Gasteiger partial charge on any atom is -0.469 e. The summed E-state index contributed by atoms with van der Waals surface area (Å²) in [6.07, 6.45) is 1.20. The number of nitrogens with zero attached hydrogens (tertiary/aromatic N) is 1. The Labute approximate surface area is 125 Å². The van der Waals surface area contributed by atoms with Crippen LogP contribution in [-0.2, 0) is 26.0 Å². The van der Waals surface area contributed by atoms with Crippen LogP contribution in [0.4, 0.5) is 5.69 Å². The van der Waals surface area contributed by atoms with E-state index in [1.165, 1.54) is 24.5 Å². The molecule has 0 saturated heterocycles. The molecule has 0 amide bonds. The number of carbonyl (C=O) groups is 1. The fraction of sp³-hybridized carbons (Fsp3) is 0.500. The van der Waals surface area contributed by atoms with E-state index in [1.54, 1.807) is 12.1 Å². The van der Waals surface area contributed by atoms with Crippen LogP contribution in [0.25, 0.3) is 0 Å². The van der Waals surface area contributed by atoms with E-state index in [0.29, 0.717) is 18.5 Å². The maximum Gasteiger partial charge on any atom is 0.305 e. The molecule has 0 saturated carbocycles. The molecule has 0 heterocycles. The number of sulfonamides is 1. The smallest absolute Gasteiger partial charge is 0.305 e. The SMILES string of the molecule is CCc1ccc(N)cc1S(=O)(=O)N(C)CCCC(=O)OC. The Morgan fingerprint density at radius 3 is 2.62 bits per heavy atom. The number of nitrogen functional groups attached to an aromatic ring is 1. The van der Waals surface area contributed by atoms with E-state index >= 15 is 0 Å². The lowest BCUT2D eigenvalue weighted by molar-refractivity contribution is -0.140. The molecule has 0 aliphatic carbocycles. The molecule has 6 nitrogen and oxygen atoms in total. The van der Waals surface area contributed by atoms with E-state index in [0.717, 1.165) is 5.56 Å². The molecular formula is C14H22N2O4S. The van der Waals surface area contributed by atoms with Gasteiger partial charge in [0, 0.05) is 25.7 Å². The molecule has 0 fully saturated rings. The predicted molar refractivity (Wildman–Crippen MR) is 81.3 cm³/mol. The molecule has 2 N–H and O–H groups in total. The molecule has 1 aromatic rings. The van der Waals surface area contributed by atoms with E-state index in [-0.39, 0.29) is 23.8 Å². The minimum absolute atomic E-state index is 0.188. The van der Waals surface area contributed by atoms with Crippen LogP contribution in [-0.4, -0.2) is 39.4 Å². The normalized spacial score (nSPS) is 11.6. The molecular weight excluding hydrogens is 292 g/mol. The molecule has 21 heavy (non-hydrogen) atoms. The van der Waals surface area contributed by atoms with Gasteiger partial charge in [-0.2, -0.15) is 0 Å². The van der Waals surface area contributed by atoms with Crippen molar-refractivity contribution >= 4 is 21.7 Å². The quantitative estimate of drug-likeness (QED) is 0.607. The van der Waals surface area contributed by atoms with E-state index in [9.17, 15) is 13.2 Å². The Morgan fingerprint density at radius 2 is 2.05 bits per heavy atom. The number of hydrogen-bond donors (Lipinski definition) is 1. The highest BCUT2D eigenvalue weighted by Crippen LogP contribution is 2.23. The highest BCUT2D eigenvalue weighted by atomic mass is 32.2. The highest BCUT2D eigenvalue weighted by molar-refractivity contribution is 7.89. The predicted octanol–water partition coefficient (Wildman–Crippen LogP) is 1.40. The Morgan fingerprint density at radius 1 is 1.38 bits per heavy atom. The fourth-order valence-corrected chi connectivity index (χ4v) is 3.47. The topological polar surface area (TPSA) is 89.7 Å². The summed E-state index contributed by atoms with van der Waals surface area (Å²) >= 11 is 0. The fourth-order valence-electron chi connectivity index (χ4n) is 1.94. The third-order valence-corrected chi connectivity index (χ3v) is 5.18. The van der Waals surface area contributed by atoms with Crippen LogP contribution in [0.3, 0.4) is 0 Å². The van der Waals surface area contributed by atoms with Crippen molar-refractivity contribution in [3.63, 3.8) is 0 Å². The maximum absolute atomic E-state index is 12.6. The third kappa shape index (κ3) is 4.44. The van der Waals surface area contributed by atoms with Gasteiger partial charge < -0.3 is 10.5 Å². The number of anilines is 1. The maximum atomic E-state index is 12.6. The van der Waals surface area contributed by atoms with Crippen LogP contribution in [0.15, 0.2) is 23.1 Å². The number of nitrogens with two attached hydrogens (primary N) is 1. The zero-order valence-corrected chi connectivity index (χ0v) is 13.4. The van der Waals surface area contributed by atoms with Gasteiger partial charge in [0.15, 0.2) is 0 Å². The molecule has 0 radical (unpaired) electrons. The van der Waals surface area contributed by atoms with Gasteiger partial charge in [-0.05, 0) is 30.5 Å². The highest BCUT2D eigenvalue weighted by Gasteiger charge is 2.23. The first-order valence-electron chi connectivity index (χ1n) is 6.74. The molecule has 118 valence electrons. The molecule has 7 heteroatoms. The Kier molecular flexibility index (Phi) is 6.17. The van der Waals surface area contributed by atoms with E-state index in [1.807, 2.05) is 6.92 Å². The second-order valence-electron chi connectivity index (χ2n) is 4.73. The monoisotopic (exact) mass is 314 g/mol. The summed E-state index contributed by atoms with van der Waals surface area (Å²) in [5, 5.41) is 0. The third-order valence-electron chi connectivity index (χ3n) is 3.24. The van der Waals surface area contributed by atoms with Crippen molar-refractivity contribution in [2.45, 2.75) is 31.1 Å². The lowest BCUT2D eigenvalue weighted by atomic mass is 10.1. The average molecular weight is 314 g/mol. The number of rotatable bonds is 7. The first-order chi connectivity index (χ1) is 9.82. The molecule has 0 spiro atoms. The molecule has 0 aliphatic rings. The second kappa shape index (κ2) is 7.42. The summed E-state index contributed by atoms with van der Waals surface area (Å²) in [6, 6.07) is 4.89. The van der Waals surface area contributed by atoms with Gasteiger partial charge in [-0.25, -0.2) is 12.7 Å². The van der Waals surface area contributed by atoms with Gasteiger partial charge in [0.05, 0.1) is 12.0 Å². The molecule has 0 aromatic heterocycles. The van der Waals surface area contributed by atoms with Gasteiger partial charge in [0.1, 0.15) is 0 Å². The lowest BCUT2D eigenvalue weighted by Gasteiger charge is -2.19. The first kappa shape index (κ1) is 17.5. The van der Waals surface area contributed by atoms with E-state index in [4.69, 9.17) is 5.73 Å². The van der Waals surface area contributed by atoms with Gasteiger partial charge in [-0.3, -0.25) is 4.79 Å². The van der Waals surface area contributed by atoms with Crippen molar-refractivity contribution in [1.82, 2.24) is 4.31 Å². The van der Waals surface area contributed by atoms with Crippen molar-refractivity contribution in [1.29, 1.82) is 0 Å². The molecule has 0 aliphatic heterocycles. The summed E-state index contributed by atoms with van der Waals surface area (Å²) in [5.41, 5.74) is 6.83. The van der Waals surface area contributed by atoms with Gasteiger partial charge in [0.25, 0.3) is 0 Å². The molecule has 0 atom stereocenters. The summed E-state index contributed by atoms with van der Waals surface area (Å²) in [7, 11) is -0.804. The van der Waals surface area contributed by atoms with Gasteiger partial charge in [-0.1, -0.05) is 13.0 Å². The number of methoxy groups -OCH3 is 1. The summed E-state index contributed by atoms with van der Waals surface area (Å²) < 4.78 is 30.9. The first-order valence-corrected chi connectivity index (χ1v) is 8.18. The van der Waals surface area contributed by atoms with Crippen LogP contribution in [0, 0.1) is 0 Å². The number of hydrogen-bond acceptors (Lipinski definition) is 5. The van der Waals surface area contributed by atoms with Gasteiger partial charge in [0.2, 0.25) is 10.0 Å². The number of aryl methyl sites for hydroxylation is 1. The van der Waals surface area contributed by atoms with Crippen LogP contribution >= 0.6 is 0 Å². The molecule has 0 unspecified atom stereocenters. The number of carbonyl (C=O) groups excluding carboxylic acids is 1. The zero-order chi connectivity index (χ0) is 16.0. The largest absolute Gasteiger partial charge is 0.469 e. The number of ether oxygens (including phenoxy) is 1. The average Bonchev–Trinajstić information content (AvgIpc) is 2.46. The van der Waals surface area contributed by atoms with Crippen LogP contribution in [0.2, 0.25) is 0 Å². The van der Waals surface area contributed by atoms with Crippen LogP contribution in [0.1, 0.15) is 25.3 Å². The molecule has 1 aromatic carbocycles. The van der Waals surface area contributed by atoms with Crippen molar-refractivity contribution in [2.24, 2.45) is 0 Å². The summed E-state index contributed by atoms with van der Waals surface area (Å²) in [5.74, 6) is -0.348. The summed E-state index contributed by atoms with van der Waals surface area (Å²) in [6.45, 7) is 2.14. The summed E-state index contributed by atoms with van der Waals surface area (Å²) in [4.78, 5) is 11.3. The van der Waals surface area contributed by atoms with Crippen molar-refractivity contribution < 1.29 is 17.9 Å². The zero-order valence-electron chi connectivity index (χ0n) is 12.6. The standard InChI is InChI=1S/C14H22N2O4S/c1-4-11-7-8-12(15)10-13(11)21(18,19)16(2)9-5-6-14(17)20-3/h7-8,10H,4-6,9,15H2,1-3H3. The Bertz CT molecular complexity index is 599. The van der Waals surface area contributed by atoms with E-state index in [2.05, 4.69) is 4.74 Å². The van der Waals surface area contributed by atoms with Crippen LogP contribution < -0.4 is 5.73 Å². The second-order valence-corrected chi connectivity index (χ2v) is 6.74. The Hall–Kier alpha value is -1.60. The van der Waals surface area contributed by atoms with Gasteiger partial charge >= 0.3 is 5.97 Å². The van der Waals surface area contributed by atoms with Crippen molar-refractivity contribution in [2.75, 3.05) is 26.4 Å². The van der Waals surface area contributed by atoms with E-state index < -0.39 is 10.0 Å². The van der Waals surface area contributed by atoms with Crippen molar-refractivity contribution in [3.8, 4) is 0 Å². The van der Waals surface area contributed by atoms with Crippen LogP contribution in [0.5, 0.6) is 0 Å². The Balaban J connectivity index is 2.89. The molecule has 1 rings (SSSR count). The minimum atomic E-state index is -3.61.